The highest BCUT2D eigenvalue weighted by molar-refractivity contribution is 6.01. The van der Waals surface area contributed by atoms with E-state index in [-0.39, 0.29) is 19.4 Å². The van der Waals surface area contributed by atoms with Gasteiger partial charge in [-0.25, -0.2) is 4.79 Å². The van der Waals surface area contributed by atoms with Gasteiger partial charge < -0.3 is 4.74 Å². The lowest BCUT2D eigenvalue weighted by Gasteiger charge is -2.12. The number of carbonyl (C=O) groups is 3. The Morgan fingerprint density at radius 3 is 2.53 bits per heavy atom. The van der Waals surface area contributed by atoms with Gasteiger partial charge in [0.25, 0.3) is 11.8 Å². The fourth-order valence-electron chi connectivity index (χ4n) is 1.56. The Hall–Kier alpha value is -1.85. The summed E-state index contributed by atoms with van der Waals surface area (Å²) >= 11 is 0. The largest absolute Gasteiger partial charge is 0.533 e. The summed E-state index contributed by atoms with van der Waals surface area (Å²) in [7, 11) is 0. The fourth-order valence-corrected chi connectivity index (χ4v) is 1.56. The van der Waals surface area contributed by atoms with E-state index >= 15 is 0 Å². The topological polar surface area (TPSA) is 72.9 Å². The molecule has 0 aromatic carbocycles. The van der Waals surface area contributed by atoms with Crippen molar-refractivity contribution in [3.05, 3.63) is 12.2 Å². The molecular weight excluding hydrogens is 250 g/mol. The van der Waals surface area contributed by atoms with Crippen molar-refractivity contribution in [1.29, 1.82) is 0 Å². The molecule has 0 N–H and O–H groups in total. The highest BCUT2D eigenvalue weighted by Gasteiger charge is 2.33. The van der Waals surface area contributed by atoms with Gasteiger partial charge in [0, 0.05) is 12.8 Å². The first-order valence-electron chi connectivity index (χ1n) is 6.50. The number of allylic oxidation sites excluding steroid dienone is 2. The van der Waals surface area contributed by atoms with Crippen LogP contribution in [0, 0.1) is 0 Å². The van der Waals surface area contributed by atoms with Crippen LogP contribution in [0.4, 0.5) is 4.79 Å². The van der Waals surface area contributed by atoms with Gasteiger partial charge in [-0.05, 0) is 25.7 Å². The monoisotopic (exact) mass is 269 g/mol. The molecule has 0 bridgehead atoms. The summed E-state index contributed by atoms with van der Waals surface area (Å²) in [4.78, 5) is 38.1. The van der Waals surface area contributed by atoms with Gasteiger partial charge in [0.15, 0.2) is 0 Å². The van der Waals surface area contributed by atoms with Gasteiger partial charge in [-0.3, -0.25) is 14.4 Å². The van der Waals surface area contributed by atoms with Gasteiger partial charge in [-0.2, -0.15) is 0 Å². The molecule has 0 atom stereocenters. The zero-order valence-corrected chi connectivity index (χ0v) is 11.1. The van der Waals surface area contributed by atoms with Crippen LogP contribution in [0.15, 0.2) is 12.2 Å². The maximum absolute atomic E-state index is 11.2. The Labute approximate surface area is 112 Å². The average Bonchev–Trinajstić information content (AvgIpc) is 2.69. The van der Waals surface area contributed by atoms with E-state index in [4.69, 9.17) is 4.74 Å². The predicted octanol–water partition coefficient (Wildman–Crippen LogP) is 2.34. The van der Waals surface area contributed by atoms with Crippen LogP contribution in [0.5, 0.6) is 0 Å². The van der Waals surface area contributed by atoms with Gasteiger partial charge in [0.2, 0.25) is 0 Å². The summed E-state index contributed by atoms with van der Waals surface area (Å²) in [5.41, 5.74) is 0. The number of hydrogen-bond donors (Lipinski definition) is 0. The zero-order chi connectivity index (χ0) is 14.1. The van der Waals surface area contributed by atoms with E-state index in [9.17, 15) is 14.4 Å². The zero-order valence-electron chi connectivity index (χ0n) is 11.1. The lowest BCUT2D eigenvalue weighted by molar-refractivity contribution is -0.177. The third-order valence-corrected chi connectivity index (χ3v) is 2.56. The number of nitrogens with zero attached hydrogens (tertiary/aromatic N) is 1. The average molecular weight is 269 g/mol. The molecule has 2 amide bonds. The predicted molar refractivity (Wildman–Crippen MR) is 66.8 cm³/mol. The third kappa shape index (κ3) is 5.54. The molecule has 6 heteroatoms. The highest BCUT2D eigenvalue weighted by Crippen LogP contribution is 2.12. The van der Waals surface area contributed by atoms with E-state index in [0.29, 0.717) is 11.5 Å². The molecule has 0 spiro atoms. The summed E-state index contributed by atoms with van der Waals surface area (Å²) in [5, 5.41) is 0.478. The number of ether oxygens (including phenoxy) is 1. The molecule has 1 aliphatic rings. The van der Waals surface area contributed by atoms with Crippen molar-refractivity contribution in [3.63, 3.8) is 0 Å². The summed E-state index contributed by atoms with van der Waals surface area (Å²) in [6.07, 6.45) is 6.89. The minimum Gasteiger partial charge on any atom is -0.433 e. The summed E-state index contributed by atoms with van der Waals surface area (Å²) in [5.74, 6) is -1.02. The molecule has 0 aromatic rings. The van der Waals surface area contributed by atoms with Crippen molar-refractivity contribution in [1.82, 2.24) is 5.06 Å². The van der Waals surface area contributed by atoms with Crippen molar-refractivity contribution in [2.45, 2.75) is 45.4 Å². The second-order valence-electron chi connectivity index (χ2n) is 4.15. The van der Waals surface area contributed by atoms with Crippen LogP contribution in [0.1, 0.15) is 45.4 Å². The highest BCUT2D eigenvalue weighted by atomic mass is 16.8. The van der Waals surface area contributed by atoms with Crippen molar-refractivity contribution < 1.29 is 24.0 Å². The third-order valence-electron chi connectivity index (χ3n) is 2.56. The van der Waals surface area contributed by atoms with Crippen molar-refractivity contribution in [2.75, 3.05) is 6.61 Å². The molecule has 0 saturated carbocycles. The van der Waals surface area contributed by atoms with Crippen molar-refractivity contribution in [3.8, 4) is 0 Å². The summed E-state index contributed by atoms with van der Waals surface area (Å²) in [6, 6.07) is 0. The van der Waals surface area contributed by atoms with Crippen molar-refractivity contribution in [2.24, 2.45) is 0 Å². The van der Waals surface area contributed by atoms with Crippen LogP contribution in [0.25, 0.3) is 0 Å². The molecule has 106 valence electrons. The van der Waals surface area contributed by atoms with Crippen molar-refractivity contribution >= 4 is 18.0 Å². The van der Waals surface area contributed by atoms with E-state index in [1.54, 1.807) is 0 Å². The van der Waals surface area contributed by atoms with Crippen LogP contribution >= 0.6 is 0 Å². The SMILES string of the molecule is CC/C=C/CCCCOC(=O)ON1C(=O)CCC1=O. The second kappa shape index (κ2) is 8.29. The van der Waals surface area contributed by atoms with E-state index in [1.165, 1.54) is 0 Å². The standard InChI is InChI=1S/C13H19NO5/c1-2-3-4-5-6-7-10-18-13(17)19-14-11(15)8-9-12(14)16/h3-4H,2,5-10H2,1H3/b4-3+. The number of amides is 2. The van der Waals surface area contributed by atoms with Gasteiger partial charge >= 0.3 is 6.16 Å². The Balaban J connectivity index is 2.10. The lowest BCUT2D eigenvalue weighted by atomic mass is 10.2. The van der Waals surface area contributed by atoms with Crippen LogP contribution in [-0.4, -0.2) is 29.6 Å². The first kappa shape index (κ1) is 15.2. The first-order chi connectivity index (χ1) is 9.15. The Morgan fingerprint density at radius 2 is 1.89 bits per heavy atom. The smallest absolute Gasteiger partial charge is 0.433 e. The van der Waals surface area contributed by atoms with E-state index < -0.39 is 18.0 Å². The van der Waals surface area contributed by atoms with Crippen LogP contribution in [0.2, 0.25) is 0 Å². The maximum atomic E-state index is 11.2. The van der Waals surface area contributed by atoms with E-state index in [2.05, 4.69) is 23.9 Å². The molecule has 1 rings (SSSR count). The quantitative estimate of drug-likeness (QED) is 0.307. The van der Waals surface area contributed by atoms with Gasteiger partial charge in [0.05, 0.1) is 6.61 Å². The molecule has 19 heavy (non-hydrogen) atoms. The molecule has 1 fully saturated rings. The summed E-state index contributed by atoms with van der Waals surface area (Å²) < 4.78 is 4.78. The molecule has 6 nitrogen and oxygen atoms in total. The number of rotatable bonds is 7. The molecular formula is C13H19NO5. The van der Waals surface area contributed by atoms with Gasteiger partial charge in [-0.15, -0.1) is 0 Å². The first-order valence-corrected chi connectivity index (χ1v) is 6.50. The lowest BCUT2D eigenvalue weighted by Crippen LogP contribution is -2.32. The van der Waals surface area contributed by atoms with E-state index in [1.807, 2.05) is 0 Å². The molecule has 1 aliphatic heterocycles. The van der Waals surface area contributed by atoms with Crippen LogP contribution in [0.3, 0.4) is 0 Å². The number of hydroxylamine groups is 2. The fraction of sp³-hybridized carbons (Fsp3) is 0.615. The normalized spacial score (nSPS) is 15.3. The van der Waals surface area contributed by atoms with Gasteiger partial charge in [-0.1, -0.05) is 24.1 Å². The van der Waals surface area contributed by atoms with Gasteiger partial charge in [0.1, 0.15) is 0 Å². The molecule has 0 unspecified atom stereocenters. The molecule has 0 aliphatic carbocycles. The number of unbranched alkanes of at least 4 members (excludes halogenated alkanes) is 2. The molecule has 0 aromatic heterocycles. The van der Waals surface area contributed by atoms with Crippen LogP contribution in [-0.2, 0) is 19.2 Å². The Morgan fingerprint density at radius 1 is 1.21 bits per heavy atom. The van der Waals surface area contributed by atoms with E-state index in [0.717, 1.165) is 19.3 Å². The Kier molecular flexibility index (Phi) is 6.63. The maximum Gasteiger partial charge on any atom is 0.533 e. The minimum atomic E-state index is -1.01. The molecule has 1 heterocycles. The molecule has 0 radical (unpaired) electrons. The Bertz CT molecular complexity index is 348. The number of carbonyl (C=O) groups excluding carboxylic acids is 3. The van der Waals surface area contributed by atoms with Crippen LogP contribution < -0.4 is 0 Å². The number of imide groups is 1. The number of hydrogen-bond acceptors (Lipinski definition) is 5. The molecule has 1 saturated heterocycles. The summed E-state index contributed by atoms with van der Waals surface area (Å²) in [6.45, 7) is 2.28. The minimum absolute atomic E-state index is 0.0792. The second-order valence-corrected chi connectivity index (χ2v) is 4.15.